The molecule has 0 fully saturated rings. The largest absolute Gasteiger partial charge is 0.466 e. The van der Waals surface area contributed by atoms with Crippen molar-refractivity contribution in [2.24, 2.45) is 11.7 Å². The Morgan fingerprint density at radius 2 is 1.86 bits per heavy atom. The zero-order chi connectivity index (χ0) is 11.8. The van der Waals surface area contributed by atoms with E-state index >= 15 is 0 Å². The van der Waals surface area contributed by atoms with Crippen molar-refractivity contribution in [1.29, 1.82) is 0 Å². The molecule has 0 aromatic rings. The van der Waals surface area contributed by atoms with Crippen LogP contribution in [0.1, 0.15) is 0 Å². The molecule has 0 aromatic heterocycles. The van der Waals surface area contributed by atoms with Crippen LogP contribution < -0.4 is 17.1 Å². The van der Waals surface area contributed by atoms with Gasteiger partial charge in [-0.05, 0) is 0 Å². The van der Waals surface area contributed by atoms with E-state index in [0.29, 0.717) is 5.88 Å². The fraction of sp³-hybridized carbons (Fsp3) is 0.667. The van der Waals surface area contributed by atoms with Gasteiger partial charge in [0, 0.05) is 5.88 Å². The Morgan fingerprint density at radius 3 is 2.07 bits per heavy atom. The molecule has 0 heterocycles. The maximum absolute atomic E-state index is 10.4. The van der Waals surface area contributed by atoms with E-state index in [1.54, 1.807) is 0 Å². The van der Waals surface area contributed by atoms with Crippen LogP contribution in [0.15, 0.2) is 0 Å². The monoisotopic (exact) mass is 250 g/mol. The highest BCUT2D eigenvalue weighted by atomic mass is 35.5. The lowest BCUT2D eigenvalue weighted by atomic mass is 10.7. The number of carbonyl (C=O) groups is 1. The van der Waals surface area contributed by atoms with Gasteiger partial charge >= 0.3 is 13.9 Å². The number of urea groups is 1. The Hall–Kier alpha value is -0.410. The van der Waals surface area contributed by atoms with Gasteiger partial charge in [0.25, 0.3) is 0 Å². The summed E-state index contributed by atoms with van der Waals surface area (Å²) < 4.78 is 8.88. The number of nitrogens with zero attached hydrogens (tertiary/aromatic N) is 1. The van der Waals surface area contributed by atoms with Crippen molar-refractivity contribution in [2.75, 3.05) is 12.4 Å². The minimum atomic E-state index is -4.64. The molecule has 0 aromatic carbocycles. The van der Waals surface area contributed by atoms with Gasteiger partial charge in [0.1, 0.15) is 0 Å². The van der Waals surface area contributed by atoms with E-state index < -0.39 is 13.9 Å². The van der Waals surface area contributed by atoms with Crippen molar-refractivity contribution in [3.63, 3.8) is 0 Å². The number of rotatable bonds is 2. The van der Waals surface area contributed by atoms with Crippen molar-refractivity contribution >= 4 is 25.5 Å². The van der Waals surface area contributed by atoms with Gasteiger partial charge in [0.05, 0.1) is 6.54 Å². The van der Waals surface area contributed by atoms with Crippen molar-refractivity contribution in [3.05, 3.63) is 0 Å². The lowest BCUT2D eigenvalue weighted by molar-refractivity contribution is 0.202. The number of amides is 2. The lowest BCUT2D eigenvalue weighted by Gasteiger charge is -2.12. The molecule has 0 spiro atoms. The summed E-state index contributed by atoms with van der Waals surface area (Å²) in [5, 5.41) is 0.896. The van der Waals surface area contributed by atoms with E-state index in [-0.39, 0.29) is 6.54 Å². The first-order valence-corrected chi connectivity index (χ1v) is 5.19. The number of hydrazine groups is 2. The SMILES string of the molecule is NNC(=O)N(N)CCCl.O=P(O)(O)O. The van der Waals surface area contributed by atoms with Gasteiger partial charge < -0.3 is 14.7 Å². The molecule has 14 heavy (non-hydrogen) atoms. The summed E-state index contributed by atoms with van der Waals surface area (Å²) >= 11 is 5.25. The molecule has 11 heteroatoms. The van der Waals surface area contributed by atoms with Crippen LogP contribution in [0.3, 0.4) is 0 Å². The third-order valence-electron chi connectivity index (χ3n) is 0.710. The zero-order valence-electron chi connectivity index (χ0n) is 7.00. The van der Waals surface area contributed by atoms with Crippen molar-refractivity contribution < 1.29 is 24.0 Å². The highest BCUT2D eigenvalue weighted by Gasteiger charge is 2.03. The standard InChI is InChI=1S/C3H9ClN4O.H3O4P/c4-1-2-8(6)3(9)7-5;1-5(2,3)4/h1-2,5-6H2,(H,7,9);(H3,1,2,3,4). The van der Waals surface area contributed by atoms with Crippen LogP contribution in [0, 0.1) is 0 Å². The minimum absolute atomic E-state index is 0.282. The van der Waals surface area contributed by atoms with Gasteiger partial charge in [0.15, 0.2) is 0 Å². The molecule has 0 rings (SSSR count). The second-order valence-electron chi connectivity index (χ2n) is 1.85. The minimum Gasteiger partial charge on any atom is -0.303 e. The summed E-state index contributed by atoms with van der Waals surface area (Å²) in [5.41, 5.74) is 1.85. The Labute approximate surface area is 84.8 Å². The Kier molecular flexibility index (Phi) is 9.10. The van der Waals surface area contributed by atoms with Gasteiger partial charge in [-0.25, -0.2) is 21.0 Å². The molecular weight excluding hydrogens is 238 g/mol. The first-order valence-electron chi connectivity index (χ1n) is 3.09. The van der Waals surface area contributed by atoms with Crippen LogP contribution in [0.2, 0.25) is 0 Å². The van der Waals surface area contributed by atoms with E-state index in [9.17, 15) is 4.79 Å². The van der Waals surface area contributed by atoms with Crippen LogP contribution >= 0.6 is 19.4 Å². The third-order valence-corrected chi connectivity index (χ3v) is 0.879. The molecule has 8 N–H and O–H groups in total. The summed E-state index contributed by atoms with van der Waals surface area (Å²) in [6, 6.07) is -0.546. The van der Waals surface area contributed by atoms with E-state index in [0.717, 1.165) is 5.01 Å². The number of alkyl halides is 1. The van der Waals surface area contributed by atoms with Crippen LogP contribution in [-0.2, 0) is 4.57 Å². The summed E-state index contributed by atoms with van der Waals surface area (Å²) in [6.45, 7) is 0.282. The molecule has 86 valence electrons. The molecule has 0 aliphatic carbocycles. The molecule has 0 aliphatic heterocycles. The average molecular weight is 251 g/mol. The predicted molar refractivity (Wildman–Crippen MR) is 48.6 cm³/mol. The van der Waals surface area contributed by atoms with E-state index in [2.05, 4.69) is 0 Å². The molecular formula is C3H12ClN4O5P. The fourth-order valence-electron chi connectivity index (χ4n) is 0.276. The maximum atomic E-state index is 10.4. The maximum Gasteiger partial charge on any atom is 0.466 e. The highest BCUT2D eigenvalue weighted by Crippen LogP contribution is 2.25. The number of carbonyl (C=O) groups excluding carboxylic acids is 1. The molecule has 9 nitrogen and oxygen atoms in total. The second kappa shape index (κ2) is 7.94. The summed E-state index contributed by atoms with van der Waals surface area (Å²) in [5.74, 6) is 10.1. The molecule has 0 aliphatic rings. The first-order chi connectivity index (χ1) is 6.22. The third kappa shape index (κ3) is 17.6. The van der Waals surface area contributed by atoms with Crippen LogP contribution in [0.4, 0.5) is 4.79 Å². The zero-order valence-corrected chi connectivity index (χ0v) is 8.65. The molecule has 0 radical (unpaired) electrons. The second-order valence-corrected chi connectivity index (χ2v) is 3.25. The van der Waals surface area contributed by atoms with Crippen LogP contribution in [0.25, 0.3) is 0 Å². The molecule has 0 unspecified atom stereocenters. The number of hydrogen-bond donors (Lipinski definition) is 6. The van der Waals surface area contributed by atoms with Crippen LogP contribution in [-0.4, -0.2) is 38.1 Å². The van der Waals surface area contributed by atoms with E-state index in [1.807, 2.05) is 5.43 Å². The smallest absolute Gasteiger partial charge is 0.303 e. The lowest BCUT2D eigenvalue weighted by Crippen LogP contribution is -2.48. The van der Waals surface area contributed by atoms with E-state index in [4.69, 9.17) is 42.5 Å². The average Bonchev–Trinajstić information content (AvgIpc) is 2.00. The van der Waals surface area contributed by atoms with Gasteiger partial charge in [-0.3, -0.25) is 10.4 Å². The molecule has 0 saturated carbocycles. The normalized spacial score (nSPS) is 9.86. The number of nitrogens with two attached hydrogens (primary N) is 2. The number of hydrogen-bond acceptors (Lipinski definition) is 4. The summed E-state index contributed by atoms with van der Waals surface area (Å²) in [4.78, 5) is 32.0. The summed E-state index contributed by atoms with van der Waals surface area (Å²) in [6.07, 6.45) is 0. The quantitative estimate of drug-likeness (QED) is 0.109. The number of phosphoric acid groups is 1. The Balaban J connectivity index is 0. The molecule has 0 saturated heterocycles. The Bertz CT molecular complexity index is 201. The Morgan fingerprint density at radius 1 is 1.50 bits per heavy atom. The molecule has 0 bridgehead atoms. The molecule has 2 amide bonds. The highest BCUT2D eigenvalue weighted by molar-refractivity contribution is 7.45. The van der Waals surface area contributed by atoms with Gasteiger partial charge in [-0.2, -0.15) is 0 Å². The number of halogens is 1. The summed E-state index contributed by atoms with van der Waals surface area (Å²) in [7, 11) is -4.64. The topological polar surface area (TPSA) is 162 Å². The van der Waals surface area contributed by atoms with Gasteiger partial charge in [0.2, 0.25) is 0 Å². The molecule has 0 atom stereocenters. The van der Waals surface area contributed by atoms with Crippen LogP contribution in [0.5, 0.6) is 0 Å². The van der Waals surface area contributed by atoms with Crippen molar-refractivity contribution in [1.82, 2.24) is 10.4 Å². The van der Waals surface area contributed by atoms with E-state index in [1.165, 1.54) is 0 Å². The first kappa shape index (κ1) is 16.0. The predicted octanol–water partition coefficient (Wildman–Crippen LogP) is -1.94. The van der Waals surface area contributed by atoms with Gasteiger partial charge in [-0.15, -0.1) is 11.6 Å². The van der Waals surface area contributed by atoms with Crippen molar-refractivity contribution in [3.8, 4) is 0 Å². The van der Waals surface area contributed by atoms with Crippen molar-refractivity contribution in [2.45, 2.75) is 0 Å². The number of nitrogens with one attached hydrogen (secondary N) is 1. The van der Waals surface area contributed by atoms with Gasteiger partial charge in [-0.1, -0.05) is 0 Å². The fourth-order valence-corrected chi connectivity index (χ4v) is 0.458.